The molecule has 2 aromatic rings. The van der Waals surface area contributed by atoms with Crippen LogP contribution in [0.3, 0.4) is 0 Å². The largest absolute Gasteiger partial charge is 0.494 e. The first-order chi connectivity index (χ1) is 19.0. The molecule has 0 atom stereocenters. The number of benzene rings is 2. The molecule has 0 radical (unpaired) electrons. The summed E-state index contributed by atoms with van der Waals surface area (Å²) in [7, 11) is 4.32. The van der Waals surface area contributed by atoms with Crippen molar-refractivity contribution in [1.82, 2.24) is 0 Å². The third kappa shape index (κ3) is 16.3. The molecule has 6 nitrogen and oxygen atoms in total. The highest BCUT2D eigenvalue weighted by molar-refractivity contribution is 5.44. The van der Waals surface area contributed by atoms with Crippen molar-refractivity contribution in [1.29, 1.82) is 0 Å². The summed E-state index contributed by atoms with van der Waals surface area (Å²) in [5, 5.41) is 17.8. The molecule has 0 saturated heterocycles. The number of hydrogen-bond donors (Lipinski definition) is 1. The molecule has 0 aliphatic rings. The van der Waals surface area contributed by atoms with Crippen LogP contribution in [0, 0.1) is 0 Å². The second-order valence-electron chi connectivity index (χ2n) is 11.2. The monoisotopic (exact) mass is 540 g/mol. The fourth-order valence-electron chi connectivity index (χ4n) is 4.50. The van der Waals surface area contributed by atoms with Gasteiger partial charge in [0.25, 0.3) is 0 Å². The number of ether oxygens (including phenoxy) is 2. The lowest BCUT2D eigenvalue weighted by Gasteiger charge is -2.28. The van der Waals surface area contributed by atoms with E-state index in [1.165, 1.54) is 57.8 Å². The third-order valence-electron chi connectivity index (χ3n) is 7.10. The Kier molecular flexibility index (Phi) is 17.2. The Labute approximate surface area is 238 Å². The number of nitrogens with zero attached hydrogens (tertiary/aromatic N) is 3. The van der Waals surface area contributed by atoms with E-state index in [2.05, 4.69) is 31.2 Å². The van der Waals surface area contributed by atoms with E-state index in [1.807, 2.05) is 48.5 Å². The summed E-state index contributed by atoms with van der Waals surface area (Å²) in [6.45, 7) is 5.88. The molecule has 0 aliphatic carbocycles. The quantitative estimate of drug-likeness (QED) is 0.0869. The van der Waals surface area contributed by atoms with Crippen LogP contribution in [0.5, 0.6) is 11.5 Å². The fourth-order valence-corrected chi connectivity index (χ4v) is 4.50. The first kappa shape index (κ1) is 32.8. The summed E-state index contributed by atoms with van der Waals surface area (Å²) in [5.41, 5.74) is 1.61. The van der Waals surface area contributed by atoms with Gasteiger partial charge < -0.3 is 19.1 Å². The molecule has 0 heterocycles. The van der Waals surface area contributed by atoms with Crippen LogP contribution in [-0.2, 0) is 0 Å². The van der Waals surface area contributed by atoms with Crippen molar-refractivity contribution in [2.75, 3.05) is 47.0 Å². The number of quaternary nitrogens is 1. The first-order valence-corrected chi connectivity index (χ1v) is 15.3. The van der Waals surface area contributed by atoms with Crippen LogP contribution >= 0.6 is 0 Å². The van der Waals surface area contributed by atoms with Crippen LogP contribution in [0.2, 0.25) is 0 Å². The maximum atomic E-state index is 9.11. The van der Waals surface area contributed by atoms with E-state index < -0.39 is 0 Å². The second kappa shape index (κ2) is 20.5. The molecule has 0 unspecified atom stereocenters. The van der Waals surface area contributed by atoms with Crippen molar-refractivity contribution in [2.24, 2.45) is 10.2 Å². The van der Waals surface area contributed by atoms with Gasteiger partial charge in [0, 0.05) is 0 Å². The zero-order valence-corrected chi connectivity index (χ0v) is 25.0. The Bertz CT molecular complexity index is 882. The first-order valence-electron chi connectivity index (χ1n) is 15.3. The highest BCUT2D eigenvalue weighted by Crippen LogP contribution is 2.23. The van der Waals surface area contributed by atoms with Gasteiger partial charge in [-0.15, -0.1) is 0 Å². The van der Waals surface area contributed by atoms with Crippen molar-refractivity contribution in [2.45, 2.75) is 90.4 Å². The van der Waals surface area contributed by atoms with Gasteiger partial charge in [-0.25, -0.2) is 0 Å². The predicted octanol–water partition coefficient (Wildman–Crippen LogP) is 9.02. The number of rotatable bonds is 23. The van der Waals surface area contributed by atoms with Crippen molar-refractivity contribution in [3.05, 3.63) is 48.5 Å². The van der Waals surface area contributed by atoms with Crippen LogP contribution in [0.15, 0.2) is 58.8 Å². The van der Waals surface area contributed by atoms with Crippen LogP contribution in [0.25, 0.3) is 0 Å². The number of hydrogen-bond acceptors (Lipinski definition) is 5. The lowest BCUT2D eigenvalue weighted by molar-refractivity contribution is -0.890. The van der Waals surface area contributed by atoms with E-state index in [0.29, 0.717) is 6.61 Å². The van der Waals surface area contributed by atoms with Crippen molar-refractivity contribution in [3.63, 3.8) is 0 Å². The molecule has 0 bridgehead atoms. The van der Waals surface area contributed by atoms with E-state index >= 15 is 0 Å². The molecule has 0 amide bonds. The van der Waals surface area contributed by atoms with E-state index in [1.54, 1.807) is 0 Å². The van der Waals surface area contributed by atoms with Gasteiger partial charge in [-0.3, -0.25) is 0 Å². The molecule has 218 valence electrons. The zero-order valence-electron chi connectivity index (χ0n) is 25.0. The van der Waals surface area contributed by atoms with Crippen LogP contribution < -0.4 is 9.47 Å². The molecule has 0 fully saturated rings. The SMILES string of the molecule is CCCCCCCCCCCCOc1ccc(N=Nc2ccc(OCCCCC[N+](C)(C)CCO)cc2)cc1. The molecule has 1 N–H and O–H groups in total. The maximum Gasteiger partial charge on any atom is 0.119 e. The van der Waals surface area contributed by atoms with Gasteiger partial charge in [-0.05, 0) is 74.2 Å². The van der Waals surface area contributed by atoms with E-state index in [9.17, 15) is 0 Å². The number of aliphatic hydroxyl groups excluding tert-OH is 1. The number of aliphatic hydroxyl groups is 1. The highest BCUT2D eigenvalue weighted by atomic mass is 16.5. The van der Waals surface area contributed by atoms with E-state index in [4.69, 9.17) is 14.6 Å². The minimum atomic E-state index is 0.242. The molecule has 0 saturated carbocycles. The fraction of sp³-hybridized carbons (Fsp3) is 0.636. The second-order valence-corrected chi connectivity index (χ2v) is 11.2. The Morgan fingerprint density at radius 1 is 0.564 bits per heavy atom. The van der Waals surface area contributed by atoms with Crippen molar-refractivity contribution in [3.8, 4) is 11.5 Å². The Morgan fingerprint density at radius 3 is 1.41 bits per heavy atom. The number of unbranched alkanes of at least 4 members (excludes halogenated alkanes) is 11. The summed E-state index contributed by atoms with van der Waals surface area (Å²) in [4.78, 5) is 0. The van der Waals surface area contributed by atoms with Gasteiger partial charge in [-0.2, -0.15) is 10.2 Å². The van der Waals surface area contributed by atoms with Crippen molar-refractivity contribution >= 4 is 11.4 Å². The summed E-state index contributed by atoms with van der Waals surface area (Å²) in [6, 6.07) is 15.6. The molecule has 0 aromatic heterocycles. The average Bonchev–Trinajstić information content (AvgIpc) is 2.93. The van der Waals surface area contributed by atoms with Gasteiger partial charge in [0.15, 0.2) is 0 Å². The molecule has 2 aromatic carbocycles. The molecule has 39 heavy (non-hydrogen) atoms. The summed E-state index contributed by atoms with van der Waals surface area (Å²) >= 11 is 0. The third-order valence-corrected chi connectivity index (χ3v) is 7.10. The Morgan fingerprint density at radius 2 is 0.974 bits per heavy atom. The molecule has 2 rings (SSSR count). The van der Waals surface area contributed by atoms with Crippen LogP contribution in [0.4, 0.5) is 11.4 Å². The van der Waals surface area contributed by atoms with Crippen LogP contribution in [0.1, 0.15) is 90.4 Å². The molecular formula is C33H54N3O3+. The zero-order chi connectivity index (χ0) is 28.0. The number of likely N-dealkylation sites (N-methyl/N-ethyl adjacent to an activating group) is 1. The Hall–Kier alpha value is -2.44. The van der Waals surface area contributed by atoms with E-state index in [0.717, 1.165) is 72.7 Å². The highest BCUT2D eigenvalue weighted by Gasteiger charge is 2.12. The lowest BCUT2D eigenvalue weighted by atomic mass is 10.1. The van der Waals surface area contributed by atoms with Gasteiger partial charge >= 0.3 is 0 Å². The van der Waals surface area contributed by atoms with Crippen LogP contribution in [-0.4, -0.2) is 56.6 Å². The average molecular weight is 541 g/mol. The predicted molar refractivity (Wildman–Crippen MR) is 163 cm³/mol. The van der Waals surface area contributed by atoms with Gasteiger partial charge in [0.05, 0.1) is 51.8 Å². The van der Waals surface area contributed by atoms with Crippen molar-refractivity contribution < 1.29 is 19.1 Å². The minimum Gasteiger partial charge on any atom is -0.494 e. The summed E-state index contributed by atoms with van der Waals surface area (Å²) in [5.74, 6) is 1.74. The molecule has 0 aliphatic heterocycles. The minimum absolute atomic E-state index is 0.242. The number of azo groups is 1. The Balaban J connectivity index is 1.56. The normalized spacial score (nSPS) is 11.8. The summed E-state index contributed by atoms with van der Waals surface area (Å²) < 4.78 is 12.6. The molecular weight excluding hydrogens is 486 g/mol. The molecule has 0 spiro atoms. The topological polar surface area (TPSA) is 63.4 Å². The van der Waals surface area contributed by atoms with Gasteiger partial charge in [-0.1, -0.05) is 64.7 Å². The maximum absolute atomic E-state index is 9.11. The lowest BCUT2D eigenvalue weighted by Crippen LogP contribution is -2.42. The standard InChI is InChI=1S/C33H54N3O3/c1-4-5-6-7-8-9-10-11-12-15-28-38-32-21-17-30(18-22-32)34-35-31-19-23-33(24-20-31)39-29-16-13-14-25-36(2,3)26-27-37/h17-24,37H,4-16,25-29H2,1-3H3/q+1. The van der Waals surface area contributed by atoms with Gasteiger partial charge in [0.2, 0.25) is 0 Å². The smallest absolute Gasteiger partial charge is 0.119 e. The molecule has 6 heteroatoms. The van der Waals surface area contributed by atoms with Gasteiger partial charge in [0.1, 0.15) is 18.0 Å². The van der Waals surface area contributed by atoms with E-state index in [-0.39, 0.29) is 6.61 Å². The summed E-state index contributed by atoms with van der Waals surface area (Å²) in [6.07, 6.45) is 16.6.